The summed E-state index contributed by atoms with van der Waals surface area (Å²) in [5, 5.41) is 15.3. The molecule has 4 aromatic rings. The number of benzene rings is 2. The maximum absolute atomic E-state index is 12.9. The highest BCUT2D eigenvalue weighted by Gasteiger charge is 2.15. The topological polar surface area (TPSA) is 117 Å². The molecule has 2 aromatic carbocycles. The van der Waals surface area contributed by atoms with Gasteiger partial charge in [-0.15, -0.1) is 15.3 Å². The van der Waals surface area contributed by atoms with E-state index in [1.54, 1.807) is 56.7 Å². The van der Waals surface area contributed by atoms with Crippen molar-refractivity contribution in [1.82, 2.24) is 19.8 Å². The Bertz CT molecular complexity index is 1350. The highest BCUT2D eigenvalue weighted by atomic mass is 32.2. The second kappa shape index (κ2) is 9.88. The van der Waals surface area contributed by atoms with E-state index in [2.05, 4.69) is 20.6 Å². The number of ether oxygens (including phenoxy) is 3. The minimum Gasteiger partial charge on any atom is -0.497 e. The third-order valence-electron chi connectivity index (χ3n) is 4.54. The molecule has 0 aliphatic heterocycles. The van der Waals surface area contributed by atoms with Crippen LogP contribution >= 0.6 is 23.1 Å². The van der Waals surface area contributed by atoms with E-state index < -0.39 is 0 Å². The fourth-order valence-corrected chi connectivity index (χ4v) is 4.57. The summed E-state index contributed by atoms with van der Waals surface area (Å²) in [6.07, 6.45) is 0. The average Bonchev–Trinajstić information content (AvgIpc) is 3.27. The second-order valence-electron chi connectivity index (χ2n) is 6.55. The third kappa shape index (κ3) is 4.91. The van der Waals surface area contributed by atoms with E-state index in [0.29, 0.717) is 37.8 Å². The smallest absolute Gasteiger partial charge is 0.302 e. The summed E-state index contributed by atoms with van der Waals surface area (Å²) in [5.74, 6) is 1.61. The van der Waals surface area contributed by atoms with Gasteiger partial charge in [-0.05, 0) is 36.4 Å². The Hall–Kier alpha value is -3.64. The number of carbonyl (C=O) groups excluding carboxylic acids is 1. The van der Waals surface area contributed by atoms with Crippen LogP contribution in [-0.4, -0.2) is 52.8 Å². The van der Waals surface area contributed by atoms with Crippen molar-refractivity contribution in [1.29, 1.82) is 0 Å². The molecule has 1 amide bonds. The number of anilines is 1. The summed E-state index contributed by atoms with van der Waals surface area (Å²) in [7, 11) is 4.63. The van der Waals surface area contributed by atoms with Crippen LogP contribution in [0.3, 0.4) is 0 Å². The Morgan fingerprint density at radius 1 is 1.03 bits per heavy atom. The summed E-state index contributed by atoms with van der Waals surface area (Å²) >= 11 is 2.38. The first kappa shape index (κ1) is 22.6. The number of carbonyl (C=O) groups is 1. The van der Waals surface area contributed by atoms with Crippen LogP contribution in [0.5, 0.6) is 17.2 Å². The highest BCUT2D eigenvalue weighted by Crippen LogP contribution is 2.30. The number of amides is 1. The molecule has 0 aliphatic rings. The second-order valence-corrected chi connectivity index (χ2v) is 8.73. The Kier molecular flexibility index (Phi) is 6.75. The van der Waals surface area contributed by atoms with Crippen LogP contribution in [0.2, 0.25) is 0 Å². The van der Waals surface area contributed by atoms with Gasteiger partial charge < -0.3 is 19.5 Å². The normalized spacial score (nSPS) is 10.8. The number of hydrogen-bond acceptors (Lipinski definition) is 10. The zero-order valence-electron chi connectivity index (χ0n) is 17.9. The van der Waals surface area contributed by atoms with Gasteiger partial charge in [-0.2, -0.15) is 4.52 Å². The zero-order chi connectivity index (χ0) is 23.4. The fourth-order valence-electron chi connectivity index (χ4n) is 2.90. The van der Waals surface area contributed by atoms with Crippen LogP contribution in [0.4, 0.5) is 5.69 Å². The molecule has 0 bridgehead atoms. The lowest BCUT2D eigenvalue weighted by atomic mass is 10.1. The molecule has 0 unspecified atom stereocenters. The van der Waals surface area contributed by atoms with E-state index in [9.17, 15) is 9.59 Å². The van der Waals surface area contributed by atoms with Crippen molar-refractivity contribution in [3.8, 4) is 28.5 Å². The quantitative estimate of drug-likeness (QED) is 0.376. The molecular weight excluding hydrogens is 466 g/mol. The van der Waals surface area contributed by atoms with Gasteiger partial charge in [-0.3, -0.25) is 9.59 Å². The van der Waals surface area contributed by atoms with Crippen molar-refractivity contribution in [2.24, 2.45) is 0 Å². The van der Waals surface area contributed by atoms with Crippen molar-refractivity contribution in [3.63, 3.8) is 0 Å². The number of fused-ring (bicyclic) bond motifs is 1. The predicted molar refractivity (Wildman–Crippen MR) is 126 cm³/mol. The van der Waals surface area contributed by atoms with E-state index in [0.717, 1.165) is 0 Å². The molecule has 4 rings (SSSR count). The first-order chi connectivity index (χ1) is 16.0. The molecule has 2 heterocycles. The molecule has 0 aliphatic carbocycles. The largest absolute Gasteiger partial charge is 0.497 e. The number of nitrogens with zero attached hydrogens (tertiary/aromatic N) is 4. The lowest BCUT2D eigenvalue weighted by Crippen LogP contribution is -2.19. The van der Waals surface area contributed by atoms with Crippen LogP contribution < -0.4 is 25.1 Å². The highest BCUT2D eigenvalue weighted by molar-refractivity contribution is 8.01. The van der Waals surface area contributed by atoms with Gasteiger partial charge in [0.05, 0.1) is 32.8 Å². The Morgan fingerprint density at radius 2 is 1.76 bits per heavy atom. The van der Waals surface area contributed by atoms with Crippen LogP contribution in [0.25, 0.3) is 16.2 Å². The standard InChI is InChI=1S/C21H19N5O5S2/c1-29-13-6-4-12(5-7-13)18-19(28)26-20(24-23-18)33-21(25-26)32-11-17(27)22-15-9-8-14(30-2)10-16(15)31-3/h4-10H,11H2,1-3H3,(H,22,27). The van der Waals surface area contributed by atoms with Gasteiger partial charge in [0.25, 0.3) is 0 Å². The molecule has 10 nitrogen and oxygen atoms in total. The summed E-state index contributed by atoms with van der Waals surface area (Å²) in [4.78, 5) is 25.6. The lowest BCUT2D eigenvalue weighted by molar-refractivity contribution is -0.113. The molecule has 2 aromatic heterocycles. The van der Waals surface area contributed by atoms with Gasteiger partial charge in [-0.25, -0.2) is 0 Å². The summed E-state index contributed by atoms with van der Waals surface area (Å²) < 4.78 is 17.3. The maximum atomic E-state index is 12.9. The van der Waals surface area contributed by atoms with Crippen LogP contribution in [0.1, 0.15) is 0 Å². The first-order valence-electron chi connectivity index (χ1n) is 9.58. The summed E-state index contributed by atoms with van der Waals surface area (Å²) in [5.41, 5.74) is 0.930. The summed E-state index contributed by atoms with van der Waals surface area (Å²) in [6, 6.07) is 12.1. The predicted octanol–water partition coefficient (Wildman–Crippen LogP) is 2.97. The minimum atomic E-state index is -0.388. The van der Waals surface area contributed by atoms with Gasteiger partial charge in [0, 0.05) is 11.6 Å². The number of hydrogen-bond donors (Lipinski definition) is 1. The maximum Gasteiger partial charge on any atom is 0.302 e. The van der Waals surface area contributed by atoms with Crippen molar-refractivity contribution in [2.45, 2.75) is 4.34 Å². The number of methoxy groups -OCH3 is 3. The molecule has 1 N–H and O–H groups in total. The van der Waals surface area contributed by atoms with E-state index in [-0.39, 0.29) is 22.9 Å². The Morgan fingerprint density at radius 3 is 2.45 bits per heavy atom. The fraction of sp³-hybridized carbons (Fsp3) is 0.190. The van der Waals surface area contributed by atoms with E-state index in [1.807, 2.05) is 0 Å². The lowest BCUT2D eigenvalue weighted by Gasteiger charge is -2.11. The molecule has 170 valence electrons. The van der Waals surface area contributed by atoms with Crippen molar-refractivity contribution >= 4 is 39.7 Å². The van der Waals surface area contributed by atoms with E-state index >= 15 is 0 Å². The molecule has 0 spiro atoms. The van der Waals surface area contributed by atoms with Gasteiger partial charge in [0.2, 0.25) is 10.9 Å². The minimum absolute atomic E-state index is 0.0858. The van der Waals surface area contributed by atoms with Gasteiger partial charge in [-0.1, -0.05) is 23.1 Å². The van der Waals surface area contributed by atoms with E-state index in [4.69, 9.17) is 14.2 Å². The van der Waals surface area contributed by atoms with Gasteiger partial charge in [0.15, 0.2) is 10.0 Å². The first-order valence-corrected chi connectivity index (χ1v) is 11.4. The molecule has 0 radical (unpaired) electrons. The third-order valence-corrected chi connectivity index (χ3v) is 6.58. The number of nitrogens with one attached hydrogen (secondary N) is 1. The monoisotopic (exact) mass is 485 g/mol. The molecule has 33 heavy (non-hydrogen) atoms. The van der Waals surface area contributed by atoms with Crippen molar-refractivity contribution in [3.05, 3.63) is 52.8 Å². The molecule has 0 atom stereocenters. The molecular formula is C21H19N5O5S2. The number of aromatic nitrogens is 4. The van der Waals surface area contributed by atoms with Crippen molar-refractivity contribution in [2.75, 3.05) is 32.4 Å². The van der Waals surface area contributed by atoms with Crippen LogP contribution in [-0.2, 0) is 4.79 Å². The zero-order valence-corrected chi connectivity index (χ0v) is 19.5. The van der Waals surface area contributed by atoms with E-state index in [1.165, 1.54) is 34.7 Å². The SMILES string of the molecule is COc1ccc(-c2nnc3sc(SCC(=O)Nc4ccc(OC)cc4OC)nn3c2=O)cc1. The average molecular weight is 486 g/mol. The Labute approximate surface area is 196 Å². The summed E-state index contributed by atoms with van der Waals surface area (Å²) in [6.45, 7) is 0. The van der Waals surface area contributed by atoms with Gasteiger partial charge in [0.1, 0.15) is 17.2 Å². The van der Waals surface area contributed by atoms with Crippen LogP contribution in [0, 0.1) is 0 Å². The van der Waals surface area contributed by atoms with Crippen molar-refractivity contribution < 1.29 is 19.0 Å². The van der Waals surface area contributed by atoms with Crippen LogP contribution in [0.15, 0.2) is 51.6 Å². The molecule has 12 heteroatoms. The Balaban J connectivity index is 1.47. The molecule has 0 fully saturated rings. The molecule has 0 saturated heterocycles. The number of rotatable bonds is 8. The van der Waals surface area contributed by atoms with Gasteiger partial charge >= 0.3 is 5.56 Å². The molecule has 0 saturated carbocycles. The number of thioether (sulfide) groups is 1.